The van der Waals surface area contributed by atoms with Gasteiger partial charge in [-0.2, -0.15) is 4.57 Å². The third kappa shape index (κ3) is 12.6. The summed E-state index contributed by atoms with van der Waals surface area (Å²) in [6.07, 6.45) is 17.7. The number of anilines is 2. The van der Waals surface area contributed by atoms with Gasteiger partial charge in [0.25, 0.3) is 0 Å². The maximum atomic E-state index is 12.9. The standard InChI is InChI=1S/C32H44ClN3O2S.BrH/c1-3-4-5-6-7-8-9-10-11-12-13-16-22-38-31-28(33)19-17-21-30(31)35-32(37)34-29-20-15-14-18-27(29)24-36-23-26(2)39-25-36;/h14-15,17-21,23,25H,3-13,16,22,24H2,1-2H3,(H-,34,35,37);1H. The van der Waals surface area contributed by atoms with Crippen LogP contribution in [0.3, 0.4) is 0 Å². The molecule has 0 fully saturated rings. The first-order chi connectivity index (χ1) is 19.1. The van der Waals surface area contributed by atoms with Gasteiger partial charge in [0.2, 0.25) is 5.51 Å². The van der Waals surface area contributed by atoms with Gasteiger partial charge in [-0.1, -0.05) is 125 Å². The van der Waals surface area contributed by atoms with E-state index in [1.807, 2.05) is 36.4 Å². The van der Waals surface area contributed by atoms with E-state index in [4.69, 9.17) is 16.3 Å². The lowest BCUT2D eigenvalue weighted by atomic mass is 10.1. The number of thiazole rings is 1. The molecule has 1 heterocycles. The smallest absolute Gasteiger partial charge is 0.323 e. The summed E-state index contributed by atoms with van der Waals surface area (Å²) >= 11 is 8.14. The van der Waals surface area contributed by atoms with Crippen LogP contribution in [-0.2, 0) is 6.54 Å². The van der Waals surface area contributed by atoms with Crippen LogP contribution in [0.2, 0.25) is 5.02 Å². The molecule has 0 atom stereocenters. The molecule has 0 unspecified atom stereocenters. The molecule has 0 spiro atoms. The zero-order valence-corrected chi connectivity index (χ0v) is 27.2. The number of unbranched alkanes of at least 4 members (excludes halogenated alkanes) is 11. The van der Waals surface area contributed by atoms with E-state index < -0.39 is 0 Å². The van der Waals surface area contributed by atoms with Crippen LogP contribution in [0.15, 0.2) is 54.2 Å². The SMILES string of the molecule is CCCCCCCCCCCCCCOc1c(Cl)cccc1NC(=O)Nc1ccccc1C[n+]1csc(C)c1.[Br-]. The molecule has 5 nitrogen and oxygen atoms in total. The molecule has 40 heavy (non-hydrogen) atoms. The quantitative estimate of drug-likeness (QED) is 0.118. The number of carbonyl (C=O) groups is 1. The van der Waals surface area contributed by atoms with Gasteiger partial charge in [-0.25, -0.2) is 4.79 Å². The Labute approximate surface area is 260 Å². The van der Waals surface area contributed by atoms with Crippen LogP contribution in [0.5, 0.6) is 5.75 Å². The number of nitrogens with zero attached hydrogens (tertiary/aromatic N) is 1. The second-order valence-corrected chi connectivity index (χ2v) is 11.7. The lowest BCUT2D eigenvalue weighted by molar-refractivity contribution is -0.683. The van der Waals surface area contributed by atoms with Crippen LogP contribution in [0.1, 0.15) is 94.4 Å². The lowest BCUT2D eigenvalue weighted by Crippen LogP contribution is -3.00. The largest absolute Gasteiger partial charge is 1.00 e. The first-order valence-corrected chi connectivity index (χ1v) is 15.8. The minimum Gasteiger partial charge on any atom is -1.00 e. The minimum atomic E-state index is -0.327. The molecule has 1 aromatic heterocycles. The highest BCUT2D eigenvalue weighted by atomic mass is 79.9. The highest BCUT2D eigenvalue weighted by molar-refractivity contribution is 7.09. The number of urea groups is 1. The van der Waals surface area contributed by atoms with E-state index in [1.165, 1.54) is 69.1 Å². The average molecular weight is 651 g/mol. The van der Waals surface area contributed by atoms with Gasteiger partial charge >= 0.3 is 6.03 Å². The number of carbonyl (C=O) groups excluding carboxylic acids is 1. The Kier molecular flexibility index (Phi) is 17.0. The fourth-order valence-electron chi connectivity index (χ4n) is 4.65. The van der Waals surface area contributed by atoms with E-state index in [9.17, 15) is 4.79 Å². The first-order valence-electron chi connectivity index (χ1n) is 14.6. The van der Waals surface area contributed by atoms with Gasteiger partial charge in [-0.05, 0) is 31.5 Å². The van der Waals surface area contributed by atoms with Gasteiger partial charge in [-0.3, -0.25) is 0 Å². The first kappa shape index (κ1) is 34.1. The maximum absolute atomic E-state index is 12.9. The summed E-state index contributed by atoms with van der Waals surface area (Å²) in [6, 6.07) is 12.9. The van der Waals surface area contributed by atoms with E-state index in [0.29, 0.717) is 29.6 Å². The number of ether oxygens (including phenoxy) is 1. The molecule has 0 saturated carbocycles. The normalized spacial score (nSPS) is 10.7. The number of nitrogens with one attached hydrogen (secondary N) is 2. The van der Waals surface area contributed by atoms with Crippen molar-refractivity contribution in [2.45, 2.75) is 97.4 Å². The van der Waals surface area contributed by atoms with Crippen molar-refractivity contribution in [3.8, 4) is 5.75 Å². The van der Waals surface area contributed by atoms with Crippen molar-refractivity contribution < 1.29 is 31.1 Å². The number of halogens is 2. The van der Waals surface area contributed by atoms with E-state index in [-0.39, 0.29) is 23.0 Å². The number of benzene rings is 2. The third-order valence-corrected chi connectivity index (χ3v) is 7.95. The molecule has 0 aliphatic carbocycles. The van der Waals surface area contributed by atoms with Crippen LogP contribution in [0.4, 0.5) is 16.2 Å². The van der Waals surface area contributed by atoms with Crippen molar-refractivity contribution in [3.63, 3.8) is 0 Å². The molecule has 3 aromatic rings. The van der Waals surface area contributed by atoms with E-state index in [1.54, 1.807) is 17.4 Å². The van der Waals surface area contributed by atoms with Crippen LogP contribution in [0.25, 0.3) is 0 Å². The van der Waals surface area contributed by atoms with Crippen LogP contribution in [0, 0.1) is 6.92 Å². The number of amides is 2. The van der Waals surface area contributed by atoms with Crippen molar-refractivity contribution in [3.05, 3.63) is 69.6 Å². The van der Waals surface area contributed by atoms with E-state index >= 15 is 0 Å². The minimum absolute atomic E-state index is 0. The highest BCUT2D eigenvalue weighted by Gasteiger charge is 2.15. The predicted molar refractivity (Wildman–Crippen MR) is 165 cm³/mol. The van der Waals surface area contributed by atoms with Crippen molar-refractivity contribution in [1.29, 1.82) is 0 Å². The molecule has 0 radical (unpaired) electrons. The third-order valence-electron chi connectivity index (χ3n) is 6.80. The molecule has 0 aliphatic heterocycles. The van der Waals surface area contributed by atoms with Crippen LogP contribution >= 0.6 is 22.9 Å². The van der Waals surface area contributed by atoms with E-state index in [0.717, 1.165) is 24.1 Å². The van der Waals surface area contributed by atoms with Gasteiger partial charge in [0, 0.05) is 5.56 Å². The Morgan fingerprint density at radius 1 is 0.850 bits per heavy atom. The van der Waals surface area contributed by atoms with E-state index in [2.05, 4.69) is 40.8 Å². The zero-order chi connectivity index (χ0) is 27.7. The number of aryl methyl sites for hydroxylation is 1. The van der Waals surface area contributed by atoms with Gasteiger partial charge in [0.15, 0.2) is 18.5 Å². The predicted octanol–water partition coefficient (Wildman–Crippen LogP) is 6.77. The molecule has 2 aromatic carbocycles. The summed E-state index contributed by atoms with van der Waals surface area (Å²) in [5.74, 6) is 0.523. The monoisotopic (exact) mass is 649 g/mol. The molecule has 0 bridgehead atoms. The number of hydrogen-bond acceptors (Lipinski definition) is 3. The van der Waals surface area contributed by atoms with Crippen LogP contribution < -0.4 is 36.9 Å². The molecule has 0 saturated heterocycles. The Bertz CT molecular complexity index is 1140. The van der Waals surface area contributed by atoms with Gasteiger partial charge in [0.05, 0.1) is 27.9 Å². The van der Waals surface area contributed by atoms with Crippen LogP contribution in [-0.4, -0.2) is 12.6 Å². The Hall–Kier alpha value is -2.09. The summed E-state index contributed by atoms with van der Waals surface area (Å²) in [5, 5.41) is 6.42. The lowest BCUT2D eigenvalue weighted by Gasteiger charge is -2.15. The summed E-state index contributed by atoms with van der Waals surface area (Å²) < 4.78 is 8.16. The molecule has 220 valence electrons. The Balaban J connectivity index is 0.00000560. The molecular weight excluding hydrogens is 606 g/mol. The number of para-hydroxylation sites is 2. The maximum Gasteiger partial charge on any atom is 0.323 e. The molecule has 2 amide bonds. The molecule has 3 rings (SSSR count). The highest BCUT2D eigenvalue weighted by Crippen LogP contribution is 2.33. The van der Waals surface area contributed by atoms with Crippen molar-refractivity contribution in [2.24, 2.45) is 0 Å². The summed E-state index contributed by atoms with van der Waals surface area (Å²) in [6.45, 7) is 5.62. The summed E-state index contributed by atoms with van der Waals surface area (Å²) in [4.78, 5) is 14.2. The number of rotatable bonds is 18. The topological polar surface area (TPSA) is 54.2 Å². The zero-order valence-electron chi connectivity index (χ0n) is 24.0. The van der Waals surface area contributed by atoms with Crippen molar-refractivity contribution in [2.75, 3.05) is 17.2 Å². The molecular formula is C32H45BrClN3O2S. The Morgan fingerprint density at radius 2 is 1.45 bits per heavy atom. The summed E-state index contributed by atoms with van der Waals surface area (Å²) in [7, 11) is 0. The molecule has 0 aliphatic rings. The molecule has 2 N–H and O–H groups in total. The summed E-state index contributed by atoms with van der Waals surface area (Å²) in [5.41, 5.74) is 4.45. The van der Waals surface area contributed by atoms with Crippen molar-refractivity contribution >= 4 is 40.3 Å². The molecule has 8 heteroatoms. The number of hydrogen-bond donors (Lipinski definition) is 2. The second-order valence-electron chi connectivity index (χ2n) is 10.2. The van der Waals surface area contributed by atoms with Gasteiger partial charge < -0.3 is 32.4 Å². The Morgan fingerprint density at radius 3 is 2.10 bits per heavy atom. The fourth-order valence-corrected chi connectivity index (χ4v) is 5.51. The number of aromatic nitrogens is 1. The van der Waals surface area contributed by atoms with Gasteiger partial charge in [-0.15, -0.1) is 0 Å². The second kappa shape index (κ2) is 19.9. The fraction of sp³-hybridized carbons (Fsp3) is 0.500. The average Bonchev–Trinajstić information content (AvgIpc) is 3.33. The van der Waals surface area contributed by atoms with Crippen molar-refractivity contribution in [1.82, 2.24) is 0 Å². The van der Waals surface area contributed by atoms with Gasteiger partial charge in [0.1, 0.15) is 0 Å².